The lowest BCUT2D eigenvalue weighted by molar-refractivity contribution is 0.103. The summed E-state index contributed by atoms with van der Waals surface area (Å²) in [4.78, 5) is 24.1. The summed E-state index contributed by atoms with van der Waals surface area (Å²) >= 11 is 1.42. The van der Waals surface area contributed by atoms with Crippen molar-refractivity contribution in [2.75, 3.05) is 41.8 Å². The molecule has 0 unspecified atom stereocenters. The lowest BCUT2D eigenvalue weighted by Crippen LogP contribution is -2.36. The molecule has 28 heavy (non-hydrogen) atoms. The molecule has 2 N–H and O–H groups in total. The first-order chi connectivity index (χ1) is 13.7. The number of morpholine rings is 1. The van der Waals surface area contributed by atoms with Crippen molar-refractivity contribution in [3.63, 3.8) is 0 Å². The average Bonchev–Trinajstić information content (AvgIpc) is 3.25. The number of amides is 1. The number of nitrogens with one attached hydrogen (secondary N) is 2. The molecule has 1 amide bonds. The van der Waals surface area contributed by atoms with Gasteiger partial charge in [0, 0.05) is 36.2 Å². The first kappa shape index (κ1) is 18.4. The van der Waals surface area contributed by atoms with Crippen LogP contribution in [0.4, 0.5) is 23.1 Å². The molecular formula is C20H21N5O2S. The van der Waals surface area contributed by atoms with Crippen LogP contribution in [0, 0.1) is 6.92 Å². The van der Waals surface area contributed by atoms with Crippen LogP contribution in [0.3, 0.4) is 0 Å². The van der Waals surface area contributed by atoms with E-state index < -0.39 is 0 Å². The van der Waals surface area contributed by atoms with Crippen LogP contribution in [-0.2, 0) is 4.74 Å². The minimum atomic E-state index is -0.104. The highest BCUT2D eigenvalue weighted by molar-refractivity contribution is 7.12. The molecule has 7 nitrogen and oxygen atoms in total. The third-order valence-electron chi connectivity index (χ3n) is 4.32. The summed E-state index contributed by atoms with van der Waals surface area (Å²) in [6.07, 6.45) is 0. The first-order valence-corrected chi connectivity index (χ1v) is 9.96. The van der Waals surface area contributed by atoms with Crippen molar-refractivity contribution >= 4 is 40.4 Å². The number of carbonyl (C=O) groups excluding carboxylic acids is 1. The monoisotopic (exact) mass is 395 g/mol. The topological polar surface area (TPSA) is 79.4 Å². The number of hydrogen-bond acceptors (Lipinski definition) is 7. The zero-order valence-electron chi connectivity index (χ0n) is 15.5. The number of aryl methyl sites for hydroxylation is 1. The number of rotatable bonds is 5. The minimum absolute atomic E-state index is 0.104. The Bertz CT molecular complexity index is 938. The Morgan fingerprint density at radius 3 is 2.57 bits per heavy atom. The fraction of sp³-hybridized carbons (Fsp3) is 0.250. The highest BCUT2D eigenvalue weighted by atomic mass is 32.1. The molecule has 0 spiro atoms. The van der Waals surface area contributed by atoms with Crippen LogP contribution in [0.2, 0.25) is 0 Å². The van der Waals surface area contributed by atoms with Crippen LogP contribution in [0.1, 0.15) is 15.4 Å². The molecule has 3 heterocycles. The van der Waals surface area contributed by atoms with E-state index in [9.17, 15) is 4.79 Å². The zero-order valence-corrected chi connectivity index (χ0v) is 16.3. The summed E-state index contributed by atoms with van der Waals surface area (Å²) in [5.74, 6) is 1.35. The fourth-order valence-electron chi connectivity index (χ4n) is 2.93. The summed E-state index contributed by atoms with van der Waals surface area (Å²) in [5, 5.41) is 8.02. The van der Waals surface area contributed by atoms with Gasteiger partial charge in [-0.3, -0.25) is 4.79 Å². The van der Waals surface area contributed by atoms with E-state index in [1.54, 1.807) is 6.07 Å². The van der Waals surface area contributed by atoms with Crippen LogP contribution < -0.4 is 15.5 Å². The summed E-state index contributed by atoms with van der Waals surface area (Å²) in [6.45, 7) is 5.04. The predicted octanol–water partition coefficient (Wildman–Crippen LogP) is 3.68. The summed E-state index contributed by atoms with van der Waals surface area (Å²) in [5.41, 5.74) is 2.49. The molecule has 1 saturated heterocycles. The lowest BCUT2D eigenvalue weighted by atomic mass is 10.2. The molecule has 1 aliphatic rings. The molecule has 0 bridgehead atoms. The number of aromatic nitrogens is 2. The second-order valence-corrected chi connectivity index (χ2v) is 7.37. The molecule has 4 rings (SSSR count). The Balaban J connectivity index is 1.44. The Morgan fingerprint density at radius 1 is 1.11 bits per heavy atom. The molecule has 144 valence electrons. The Kier molecular flexibility index (Phi) is 5.50. The number of anilines is 4. The van der Waals surface area contributed by atoms with Crippen molar-refractivity contribution in [2.45, 2.75) is 6.92 Å². The second kappa shape index (κ2) is 8.37. The second-order valence-electron chi connectivity index (χ2n) is 6.42. The van der Waals surface area contributed by atoms with Crippen LogP contribution in [-0.4, -0.2) is 42.2 Å². The molecule has 8 heteroatoms. The standard InChI is InChI=1S/C20H21N5O2S/c1-14-13-18(25-8-10-27-11-9-25)24-20(21-14)23-16-6-4-15(5-7-16)22-19(26)17-3-2-12-28-17/h2-7,12-13H,8-11H2,1H3,(H,22,26)(H,21,23,24). The fourth-order valence-corrected chi connectivity index (χ4v) is 3.55. The summed E-state index contributed by atoms with van der Waals surface area (Å²) in [6, 6.07) is 13.1. The van der Waals surface area contributed by atoms with Gasteiger partial charge in [0.2, 0.25) is 5.95 Å². The maximum atomic E-state index is 12.1. The van der Waals surface area contributed by atoms with Crippen molar-refractivity contribution in [2.24, 2.45) is 0 Å². The van der Waals surface area contributed by atoms with E-state index in [0.717, 1.165) is 36.0 Å². The van der Waals surface area contributed by atoms with Gasteiger partial charge in [0.25, 0.3) is 5.91 Å². The van der Waals surface area contributed by atoms with Gasteiger partial charge in [0.05, 0.1) is 18.1 Å². The van der Waals surface area contributed by atoms with Crippen LogP contribution >= 0.6 is 11.3 Å². The van der Waals surface area contributed by atoms with Crippen LogP contribution in [0.5, 0.6) is 0 Å². The van der Waals surface area contributed by atoms with Crippen molar-refractivity contribution in [1.82, 2.24) is 9.97 Å². The van der Waals surface area contributed by atoms with Gasteiger partial charge >= 0.3 is 0 Å². The Morgan fingerprint density at radius 2 is 1.86 bits per heavy atom. The van der Waals surface area contributed by atoms with Crippen molar-refractivity contribution < 1.29 is 9.53 Å². The highest BCUT2D eigenvalue weighted by Crippen LogP contribution is 2.21. The molecule has 1 fully saturated rings. The van der Waals surface area contributed by atoms with E-state index in [-0.39, 0.29) is 5.91 Å². The quantitative estimate of drug-likeness (QED) is 0.686. The third-order valence-corrected chi connectivity index (χ3v) is 5.19. The summed E-state index contributed by atoms with van der Waals surface area (Å²) < 4.78 is 5.41. The van der Waals surface area contributed by atoms with E-state index in [1.165, 1.54) is 11.3 Å². The van der Waals surface area contributed by atoms with E-state index >= 15 is 0 Å². The smallest absolute Gasteiger partial charge is 0.265 e. The maximum absolute atomic E-state index is 12.1. The highest BCUT2D eigenvalue weighted by Gasteiger charge is 2.14. The molecule has 3 aromatic rings. The first-order valence-electron chi connectivity index (χ1n) is 9.08. The van der Waals surface area contributed by atoms with E-state index in [0.29, 0.717) is 24.0 Å². The van der Waals surface area contributed by atoms with Gasteiger partial charge in [0.1, 0.15) is 5.82 Å². The maximum Gasteiger partial charge on any atom is 0.265 e. The molecule has 1 aromatic carbocycles. The number of hydrogen-bond donors (Lipinski definition) is 2. The van der Waals surface area contributed by atoms with E-state index in [2.05, 4.69) is 25.5 Å². The minimum Gasteiger partial charge on any atom is -0.378 e. The van der Waals surface area contributed by atoms with Crippen molar-refractivity contribution in [3.05, 3.63) is 58.4 Å². The SMILES string of the molecule is Cc1cc(N2CCOCC2)nc(Nc2ccc(NC(=O)c3cccs3)cc2)n1. The van der Waals surface area contributed by atoms with Gasteiger partial charge in [0.15, 0.2) is 0 Å². The summed E-state index contributed by atoms with van der Waals surface area (Å²) in [7, 11) is 0. The van der Waals surface area contributed by atoms with Crippen molar-refractivity contribution in [3.8, 4) is 0 Å². The molecule has 1 aliphatic heterocycles. The van der Waals surface area contributed by atoms with Crippen LogP contribution in [0.15, 0.2) is 47.8 Å². The van der Waals surface area contributed by atoms with Crippen molar-refractivity contribution in [1.29, 1.82) is 0 Å². The third kappa shape index (κ3) is 4.47. The predicted molar refractivity (Wildman–Crippen MR) is 112 cm³/mol. The number of benzene rings is 1. The van der Waals surface area contributed by atoms with Gasteiger partial charge in [-0.05, 0) is 42.6 Å². The molecule has 0 saturated carbocycles. The molecule has 0 radical (unpaired) electrons. The molecule has 0 atom stereocenters. The largest absolute Gasteiger partial charge is 0.378 e. The number of thiophene rings is 1. The van der Waals surface area contributed by atoms with E-state index in [4.69, 9.17) is 4.74 Å². The average molecular weight is 395 g/mol. The van der Waals surface area contributed by atoms with Gasteiger partial charge in [-0.2, -0.15) is 4.98 Å². The number of ether oxygens (including phenoxy) is 1. The van der Waals surface area contributed by atoms with Gasteiger partial charge < -0.3 is 20.3 Å². The lowest BCUT2D eigenvalue weighted by Gasteiger charge is -2.28. The van der Waals surface area contributed by atoms with Gasteiger partial charge in [-0.25, -0.2) is 4.98 Å². The molecular weight excluding hydrogens is 374 g/mol. The Labute approximate surface area is 167 Å². The number of nitrogens with zero attached hydrogens (tertiary/aromatic N) is 3. The van der Waals surface area contributed by atoms with Crippen LogP contribution in [0.25, 0.3) is 0 Å². The molecule has 2 aromatic heterocycles. The molecule has 0 aliphatic carbocycles. The van der Waals surface area contributed by atoms with Gasteiger partial charge in [-0.1, -0.05) is 6.07 Å². The van der Waals surface area contributed by atoms with E-state index in [1.807, 2.05) is 48.7 Å². The Hall–Kier alpha value is -2.97. The zero-order chi connectivity index (χ0) is 19.3. The normalized spacial score (nSPS) is 14.0. The number of carbonyl (C=O) groups is 1. The van der Waals surface area contributed by atoms with Gasteiger partial charge in [-0.15, -0.1) is 11.3 Å².